The lowest BCUT2D eigenvalue weighted by Crippen LogP contribution is -2.12. The van der Waals surface area contributed by atoms with Gasteiger partial charge < -0.3 is 5.32 Å². The molecule has 11 heavy (non-hydrogen) atoms. The average molecular weight is 188 g/mol. The van der Waals surface area contributed by atoms with Crippen molar-refractivity contribution in [1.29, 1.82) is 0 Å². The normalized spacial score (nSPS) is 9.64. The quantitative estimate of drug-likeness (QED) is 0.687. The summed E-state index contributed by atoms with van der Waals surface area (Å²) < 4.78 is 0. The summed E-state index contributed by atoms with van der Waals surface area (Å²) in [6, 6.07) is 0. The van der Waals surface area contributed by atoms with Gasteiger partial charge in [-0.2, -0.15) is 12.6 Å². The third kappa shape index (κ3) is 2.51. The van der Waals surface area contributed by atoms with Crippen LogP contribution in [0.2, 0.25) is 0 Å². The third-order valence-corrected chi connectivity index (χ3v) is 2.17. The lowest BCUT2D eigenvalue weighted by Gasteiger charge is -1.94. The summed E-state index contributed by atoms with van der Waals surface area (Å²) in [5.41, 5.74) is 0.921. The number of hydrogen-bond acceptors (Lipinski definition) is 4. The highest BCUT2D eigenvalue weighted by Crippen LogP contribution is 2.13. The number of rotatable bonds is 2. The molecule has 0 saturated carbocycles. The summed E-state index contributed by atoms with van der Waals surface area (Å²) in [6.07, 6.45) is 0. The summed E-state index contributed by atoms with van der Waals surface area (Å²) in [7, 11) is 0. The first-order chi connectivity index (χ1) is 5.22. The molecule has 3 nitrogen and oxygen atoms in total. The molecule has 60 valence electrons. The van der Waals surface area contributed by atoms with Crippen molar-refractivity contribution >= 4 is 35.0 Å². The van der Waals surface area contributed by atoms with Crippen molar-refractivity contribution in [3.63, 3.8) is 0 Å². The monoisotopic (exact) mass is 188 g/mol. The second-order valence-corrected chi connectivity index (χ2v) is 3.17. The van der Waals surface area contributed by atoms with Crippen LogP contribution in [0.1, 0.15) is 5.69 Å². The van der Waals surface area contributed by atoms with Gasteiger partial charge in [-0.1, -0.05) is 0 Å². The number of aromatic nitrogens is 1. The Bertz CT molecular complexity index is 259. The largest absolute Gasteiger partial charge is 0.301 e. The van der Waals surface area contributed by atoms with E-state index in [0.29, 0.717) is 5.13 Å². The number of carbonyl (C=O) groups excluding carboxylic acids is 1. The van der Waals surface area contributed by atoms with Crippen LogP contribution in [-0.4, -0.2) is 16.6 Å². The van der Waals surface area contributed by atoms with Gasteiger partial charge in [0.25, 0.3) is 0 Å². The molecule has 0 radical (unpaired) electrons. The van der Waals surface area contributed by atoms with E-state index in [1.165, 1.54) is 11.3 Å². The number of nitrogens with one attached hydrogen (secondary N) is 1. The van der Waals surface area contributed by atoms with Crippen molar-refractivity contribution in [3.05, 3.63) is 11.1 Å². The number of anilines is 1. The van der Waals surface area contributed by atoms with Gasteiger partial charge in [0, 0.05) is 5.38 Å². The number of thiazole rings is 1. The maximum absolute atomic E-state index is 10.8. The summed E-state index contributed by atoms with van der Waals surface area (Å²) in [6.45, 7) is 1.88. The zero-order chi connectivity index (χ0) is 8.27. The van der Waals surface area contributed by atoms with Crippen molar-refractivity contribution in [1.82, 2.24) is 4.98 Å². The number of amides is 1. The molecule has 0 saturated heterocycles. The van der Waals surface area contributed by atoms with Crippen LogP contribution < -0.4 is 5.32 Å². The first kappa shape index (κ1) is 8.55. The fourth-order valence-electron chi connectivity index (χ4n) is 0.570. The third-order valence-electron chi connectivity index (χ3n) is 1.01. The van der Waals surface area contributed by atoms with Crippen LogP contribution in [0.25, 0.3) is 0 Å². The Balaban J connectivity index is 2.57. The van der Waals surface area contributed by atoms with E-state index >= 15 is 0 Å². The van der Waals surface area contributed by atoms with E-state index < -0.39 is 0 Å². The molecule has 5 heteroatoms. The molecule has 0 bridgehead atoms. The van der Waals surface area contributed by atoms with E-state index in [9.17, 15) is 4.79 Å². The van der Waals surface area contributed by atoms with Crippen LogP contribution in [-0.2, 0) is 4.79 Å². The van der Waals surface area contributed by atoms with Gasteiger partial charge in [0.15, 0.2) is 5.13 Å². The molecule has 1 amide bonds. The molecule has 1 rings (SSSR count). The Labute approximate surface area is 74.3 Å². The van der Waals surface area contributed by atoms with Gasteiger partial charge in [-0.15, -0.1) is 11.3 Å². The van der Waals surface area contributed by atoms with E-state index in [1.54, 1.807) is 0 Å². The molecule has 0 aliphatic carbocycles. The van der Waals surface area contributed by atoms with E-state index in [-0.39, 0.29) is 11.7 Å². The molecule has 1 aromatic rings. The van der Waals surface area contributed by atoms with Gasteiger partial charge in [0.2, 0.25) is 5.91 Å². The minimum atomic E-state index is -0.123. The minimum absolute atomic E-state index is 0.123. The molecule has 1 aromatic heterocycles. The highest BCUT2D eigenvalue weighted by Gasteiger charge is 2.01. The first-order valence-electron chi connectivity index (χ1n) is 3.05. The standard InChI is InChI=1S/C6H8N2OS2/c1-4-3-11-6(7-4)8-5(9)2-10/h3,10H,2H2,1H3,(H,7,8,9). The number of hydrogen-bond donors (Lipinski definition) is 2. The first-order valence-corrected chi connectivity index (χ1v) is 4.56. The summed E-state index contributed by atoms with van der Waals surface area (Å²) in [5, 5.41) is 5.13. The lowest BCUT2D eigenvalue weighted by molar-refractivity contribution is -0.113. The van der Waals surface area contributed by atoms with E-state index in [0.717, 1.165) is 5.69 Å². The van der Waals surface area contributed by atoms with E-state index in [1.807, 2.05) is 12.3 Å². The second-order valence-electron chi connectivity index (χ2n) is 2.00. The smallest absolute Gasteiger partial charge is 0.235 e. The minimum Gasteiger partial charge on any atom is -0.301 e. The highest BCUT2D eigenvalue weighted by atomic mass is 32.1. The van der Waals surface area contributed by atoms with Gasteiger partial charge in [-0.3, -0.25) is 4.79 Å². The molecule has 1 N–H and O–H groups in total. The van der Waals surface area contributed by atoms with Crippen LogP contribution in [0.15, 0.2) is 5.38 Å². The van der Waals surface area contributed by atoms with Crippen LogP contribution >= 0.6 is 24.0 Å². The van der Waals surface area contributed by atoms with Crippen molar-refractivity contribution in [3.8, 4) is 0 Å². The van der Waals surface area contributed by atoms with Crippen LogP contribution in [0.3, 0.4) is 0 Å². The number of thiol groups is 1. The molecule has 0 aliphatic heterocycles. The Kier molecular flexibility index (Phi) is 2.90. The SMILES string of the molecule is Cc1csc(NC(=O)CS)n1. The van der Waals surface area contributed by atoms with Gasteiger partial charge in [0.05, 0.1) is 11.4 Å². The van der Waals surface area contributed by atoms with Gasteiger partial charge in [-0.05, 0) is 6.92 Å². The molecule has 0 unspecified atom stereocenters. The molecule has 1 heterocycles. The zero-order valence-electron chi connectivity index (χ0n) is 6.00. The van der Waals surface area contributed by atoms with Gasteiger partial charge in [0.1, 0.15) is 0 Å². The van der Waals surface area contributed by atoms with E-state index in [4.69, 9.17) is 0 Å². The molecule has 0 spiro atoms. The molecular weight excluding hydrogens is 180 g/mol. The second kappa shape index (κ2) is 3.73. The summed E-state index contributed by atoms with van der Waals surface area (Å²) in [4.78, 5) is 14.8. The van der Waals surface area contributed by atoms with Crippen molar-refractivity contribution in [2.75, 3.05) is 11.1 Å². The van der Waals surface area contributed by atoms with Crippen LogP contribution in [0.4, 0.5) is 5.13 Å². The molecular formula is C6H8N2OS2. The fourth-order valence-corrected chi connectivity index (χ4v) is 1.35. The predicted molar refractivity (Wildman–Crippen MR) is 49.3 cm³/mol. The zero-order valence-corrected chi connectivity index (χ0v) is 7.71. The summed E-state index contributed by atoms with van der Waals surface area (Å²) in [5.74, 6) is 0.0706. The number of carbonyl (C=O) groups is 1. The summed E-state index contributed by atoms with van der Waals surface area (Å²) >= 11 is 5.23. The average Bonchev–Trinajstić information content (AvgIpc) is 2.35. The molecule has 0 atom stereocenters. The van der Waals surface area contributed by atoms with Crippen LogP contribution in [0.5, 0.6) is 0 Å². The molecule has 0 fully saturated rings. The fraction of sp³-hybridized carbons (Fsp3) is 0.333. The van der Waals surface area contributed by atoms with Crippen molar-refractivity contribution in [2.24, 2.45) is 0 Å². The van der Waals surface area contributed by atoms with Gasteiger partial charge >= 0.3 is 0 Å². The van der Waals surface area contributed by atoms with Crippen molar-refractivity contribution < 1.29 is 4.79 Å². The lowest BCUT2D eigenvalue weighted by atomic mass is 10.6. The van der Waals surface area contributed by atoms with Crippen molar-refractivity contribution in [2.45, 2.75) is 6.92 Å². The van der Waals surface area contributed by atoms with Gasteiger partial charge in [-0.25, -0.2) is 4.98 Å². The number of aryl methyl sites for hydroxylation is 1. The maximum atomic E-state index is 10.8. The number of nitrogens with zero attached hydrogens (tertiary/aromatic N) is 1. The van der Waals surface area contributed by atoms with Crippen LogP contribution in [0, 0.1) is 6.92 Å². The predicted octanol–water partition coefficient (Wildman–Crippen LogP) is 1.32. The Morgan fingerprint density at radius 3 is 3.09 bits per heavy atom. The highest BCUT2D eigenvalue weighted by molar-refractivity contribution is 7.81. The molecule has 0 aliphatic rings. The maximum Gasteiger partial charge on any atom is 0.235 e. The Morgan fingerprint density at radius 2 is 2.64 bits per heavy atom. The molecule has 0 aromatic carbocycles. The van der Waals surface area contributed by atoms with E-state index in [2.05, 4.69) is 22.9 Å². The Hall–Kier alpha value is -0.550. The topological polar surface area (TPSA) is 42.0 Å². The Morgan fingerprint density at radius 1 is 1.91 bits per heavy atom.